The molecule has 4 aromatic carbocycles. The van der Waals surface area contributed by atoms with Gasteiger partial charge in [0.15, 0.2) is 0 Å². The van der Waals surface area contributed by atoms with Crippen LogP contribution in [0.3, 0.4) is 0 Å². The van der Waals surface area contributed by atoms with Crippen LogP contribution in [0.1, 0.15) is 12.1 Å². The number of hydrogen-bond donors (Lipinski definition) is 0. The highest BCUT2D eigenvalue weighted by atomic mass is 15.2. The zero-order valence-electron chi connectivity index (χ0n) is 21.9. The zero-order chi connectivity index (χ0) is 26.9. The zero-order valence-corrected chi connectivity index (χ0v) is 21.9. The van der Waals surface area contributed by atoms with Gasteiger partial charge in [-0.25, -0.2) is 19.5 Å². The molecule has 0 fully saturated rings. The number of benzene rings is 4. The predicted octanol–water partition coefficient (Wildman–Crippen LogP) is 7.89. The highest BCUT2D eigenvalue weighted by molar-refractivity contribution is 6.12. The van der Waals surface area contributed by atoms with Crippen molar-refractivity contribution < 1.29 is 0 Å². The maximum Gasteiger partial charge on any atom is 0.237 e. The van der Waals surface area contributed by atoms with Crippen LogP contribution in [-0.2, 0) is 0 Å². The molecule has 6 nitrogen and oxygen atoms in total. The van der Waals surface area contributed by atoms with Gasteiger partial charge in [-0.15, -0.1) is 0 Å². The van der Waals surface area contributed by atoms with Gasteiger partial charge in [0, 0.05) is 27.3 Å². The highest BCUT2D eigenvalue weighted by Crippen LogP contribution is 2.43. The number of nitrogens with zero attached hydrogens (tertiary/aromatic N) is 6. The molecule has 9 rings (SSSR count). The van der Waals surface area contributed by atoms with Gasteiger partial charge in [0.2, 0.25) is 5.95 Å². The molecule has 0 bridgehead atoms. The fraction of sp³-hybridized carbons (Fsp3) is 0.0286. The molecular weight excluding hydrogens is 504 g/mol. The lowest BCUT2D eigenvalue weighted by molar-refractivity contribution is 0.939. The fourth-order valence-corrected chi connectivity index (χ4v) is 6.14. The Kier molecular flexibility index (Phi) is 4.57. The highest BCUT2D eigenvalue weighted by Gasteiger charge is 2.24. The lowest BCUT2D eigenvalue weighted by Crippen LogP contribution is -2.00. The van der Waals surface area contributed by atoms with Gasteiger partial charge in [0.1, 0.15) is 18.3 Å². The number of fused-ring (bicyclic) bond motifs is 6. The molecule has 0 spiro atoms. The average Bonchev–Trinajstić information content (AvgIpc) is 3.72. The normalized spacial score (nSPS) is 12.9. The molecule has 0 saturated carbocycles. The summed E-state index contributed by atoms with van der Waals surface area (Å²) in [6.45, 7) is 0. The third-order valence-corrected chi connectivity index (χ3v) is 8.05. The van der Waals surface area contributed by atoms with Crippen LogP contribution < -0.4 is 0 Å². The van der Waals surface area contributed by atoms with Crippen LogP contribution in [-0.4, -0.2) is 29.1 Å². The second-order valence-corrected chi connectivity index (χ2v) is 10.4. The van der Waals surface area contributed by atoms with Crippen molar-refractivity contribution >= 4 is 43.7 Å². The van der Waals surface area contributed by atoms with Crippen LogP contribution in [0.2, 0.25) is 0 Å². The van der Waals surface area contributed by atoms with E-state index in [2.05, 4.69) is 133 Å². The van der Waals surface area contributed by atoms with Gasteiger partial charge in [-0.1, -0.05) is 91.0 Å². The summed E-state index contributed by atoms with van der Waals surface area (Å²) in [5.41, 5.74) is 9.96. The van der Waals surface area contributed by atoms with Gasteiger partial charge in [-0.05, 0) is 41.1 Å². The number of hydrogen-bond acceptors (Lipinski definition) is 4. The van der Waals surface area contributed by atoms with Gasteiger partial charge < -0.3 is 0 Å². The second kappa shape index (κ2) is 8.44. The number of rotatable bonds is 4. The van der Waals surface area contributed by atoms with E-state index in [9.17, 15) is 0 Å². The smallest absolute Gasteiger partial charge is 0.237 e. The SMILES string of the molecule is C1=C(c2cc3ccccc3c3c(-c4ccccc4)c(-c4ccc5c6ccccc6n(-c6ncncn6)c5c4)nn23)C1. The first kappa shape index (κ1) is 22.2. The van der Waals surface area contributed by atoms with Crippen molar-refractivity contribution in [3.05, 3.63) is 128 Å². The van der Waals surface area contributed by atoms with Gasteiger partial charge in [-0.2, -0.15) is 5.10 Å². The van der Waals surface area contributed by atoms with Crippen molar-refractivity contribution in [3.8, 4) is 28.3 Å². The summed E-state index contributed by atoms with van der Waals surface area (Å²) in [5.74, 6) is 0.593. The minimum atomic E-state index is 0.593. The first-order valence-electron chi connectivity index (χ1n) is 13.7. The molecule has 6 heteroatoms. The molecule has 0 saturated heterocycles. The summed E-state index contributed by atoms with van der Waals surface area (Å²) >= 11 is 0. The molecule has 0 N–H and O–H groups in total. The Morgan fingerprint density at radius 3 is 2.20 bits per heavy atom. The molecular formula is C35H22N6. The van der Waals surface area contributed by atoms with Crippen molar-refractivity contribution in [3.63, 3.8) is 0 Å². The monoisotopic (exact) mass is 526 g/mol. The molecule has 0 amide bonds. The van der Waals surface area contributed by atoms with Gasteiger partial charge in [0.05, 0.1) is 22.2 Å². The van der Waals surface area contributed by atoms with Crippen molar-refractivity contribution in [1.82, 2.24) is 29.1 Å². The molecule has 0 atom stereocenters. The minimum absolute atomic E-state index is 0.593. The minimum Gasteiger partial charge on any atom is -0.278 e. The van der Waals surface area contributed by atoms with Crippen LogP contribution >= 0.6 is 0 Å². The molecule has 0 aliphatic heterocycles. The van der Waals surface area contributed by atoms with Gasteiger partial charge in [0.25, 0.3) is 0 Å². The number of allylic oxidation sites excluding steroid dienone is 2. The van der Waals surface area contributed by atoms with E-state index in [1.165, 1.54) is 16.3 Å². The Hall–Kier alpha value is -5.62. The van der Waals surface area contributed by atoms with Crippen molar-refractivity contribution in [1.29, 1.82) is 0 Å². The largest absolute Gasteiger partial charge is 0.278 e. The first-order valence-corrected chi connectivity index (χ1v) is 13.7. The topological polar surface area (TPSA) is 60.9 Å². The summed E-state index contributed by atoms with van der Waals surface area (Å²) in [4.78, 5) is 13.1. The Labute approximate surface area is 234 Å². The van der Waals surface area contributed by atoms with Crippen LogP contribution in [0.5, 0.6) is 0 Å². The van der Waals surface area contributed by atoms with Crippen LogP contribution in [0, 0.1) is 0 Å². The third-order valence-electron chi connectivity index (χ3n) is 8.05. The van der Waals surface area contributed by atoms with E-state index in [1.54, 1.807) is 12.7 Å². The van der Waals surface area contributed by atoms with E-state index >= 15 is 0 Å². The maximum atomic E-state index is 5.36. The number of pyridine rings is 1. The summed E-state index contributed by atoms with van der Waals surface area (Å²) in [5, 5.41) is 10.1. The van der Waals surface area contributed by atoms with Crippen LogP contribution in [0.25, 0.3) is 72.0 Å². The molecule has 1 aliphatic rings. The molecule has 192 valence electrons. The van der Waals surface area contributed by atoms with E-state index < -0.39 is 0 Å². The van der Waals surface area contributed by atoms with Crippen molar-refractivity contribution in [2.24, 2.45) is 0 Å². The van der Waals surface area contributed by atoms with Gasteiger partial charge >= 0.3 is 0 Å². The van der Waals surface area contributed by atoms with E-state index in [1.807, 2.05) is 0 Å². The van der Waals surface area contributed by atoms with Crippen LogP contribution in [0.4, 0.5) is 0 Å². The van der Waals surface area contributed by atoms with E-state index in [0.717, 1.165) is 61.8 Å². The van der Waals surface area contributed by atoms with Crippen molar-refractivity contribution in [2.45, 2.75) is 6.42 Å². The maximum absolute atomic E-state index is 5.36. The average molecular weight is 527 g/mol. The number of aromatic nitrogens is 6. The standard InChI is InChI=1S/C35H22N6/c1-2-8-23(9-3-1)32-33(39-41-30(22-14-15-22)18-24-10-4-5-11-26(24)34(32)41)25-16-17-28-27-12-6-7-13-29(27)40(31(28)19-25)35-37-20-36-21-38-35/h1-14,16-21H,15H2. The Balaban J connectivity index is 1.41. The third kappa shape index (κ3) is 3.31. The lowest BCUT2D eigenvalue weighted by atomic mass is 9.96. The Morgan fingerprint density at radius 2 is 1.37 bits per heavy atom. The molecule has 1 aliphatic carbocycles. The Morgan fingerprint density at radius 1 is 0.634 bits per heavy atom. The summed E-state index contributed by atoms with van der Waals surface area (Å²) in [6, 6.07) is 36.5. The van der Waals surface area contributed by atoms with Gasteiger partial charge in [-0.3, -0.25) is 4.57 Å². The summed E-state index contributed by atoms with van der Waals surface area (Å²) in [6.07, 6.45) is 6.36. The molecule has 8 aromatic rings. The molecule has 0 radical (unpaired) electrons. The molecule has 0 unspecified atom stereocenters. The quantitative estimate of drug-likeness (QED) is 0.234. The lowest BCUT2D eigenvalue weighted by Gasteiger charge is -2.09. The van der Waals surface area contributed by atoms with E-state index in [4.69, 9.17) is 5.10 Å². The van der Waals surface area contributed by atoms with Crippen molar-refractivity contribution in [2.75, 3.05) is 0 Å². The van der Waals surface area contributed by atoms with Crippen LogP contribution in [0.15, 0.2) is 122 Å². The van der Waals surface area contributed by atoms with E-state index in [-0.39, 0.29) is 0 Å². The first-order chi connectivity index (χ1) is 20.3. The Bertz CT molecular complexity index is 2330. The number of para-hydroxylation sites is 1. The fourth-order valence-electron chi connectivity index (χ4n) is 6.14. The summed E-state index contributed by atoms with van der Waals surface area (Å²) in [7, 11) is 0. The predicted molar refractivity (Wildman–Crippen MR) is 164 cm³/mol. The second-order valence-electron chi connectivity index (χ2n) is 10.4. The van der Waals surface area contributed by atoms with E-state index in [0.29, 0.717) is 5.95 Å². The molecule has 41 heavy (non-hydrogen) atoms. The molecule has 4 aromatic heterocycles. The molecule has 4 heterocycles. The summed E-state index contributed by atoms with van der Waals surface area (Å²) < 4.78 is 4.27.